The van der Waals surface area contributed by atoms with Gasteiger partial charge in [0.05, 0.1) is 12.3 Å². The second-order valence-corrected chi connectivity index (χ2v) is 3.80. The number of carbonyl (C=O) groups excluding carboxylic acids is 1. The summed E-state index contributed by atoms with van der Waals surface area (Å²) in [7, 11) is 0. The Kier molecular flexibility index (Phi) is 3.83. The van der Waals surface area contributed by atoms with Gasteiger partial charge in [-0.05, 0) is 38.4 Å². The van der Waals surface area contributed by atoms with Gasteiger partial charge in [-0.15, -0.1) is 0 Å². The molecule has 1 aromatic rings. The molecule has 1 rings (SSSR count). The summed E-state index contributed by atoms with van der Waals surface area (Å²) < 4.78 is 8.96. The first-order valence-electron chi connectivity index (χ1n) is 4.43. The average Bonchev–Trinajstić information content (AvgIpc) is 2.44. The minimum absolute atomic E-state index is 0.308. The molecular formula is C10H13NO2S. The molecule has 0 saturated carbocycles. The van der Waals surface area contributed by atoms with Crippen LogP contribution in [0.5, 0.6) is 0 Å². The average molecular weight is 211 g/mol. The molecule has 3 nitrogen and oxygen atoms in total. The molecule has 76 valence electrons. The summed E-state index contributed by atoms with van der Waals surface area (Å²) in [6.07, 6.45) is 3.19. The van der Waals surface area contributed by atoms with Crippen molar-refractivity contribution in [2.75, 3.05) is 6.61 Å². The second kappa shape index (κ2) is 4.91. The quantitative estimate of drug-likeness (QED) is 0.569. The van der Waals surface area contributed by atoms with Gasteiger partial charge in [0, 0.05) is 16.5 Å². The van der Waals surface area contributed by atoms with Crippen LogP contribution in [0.4, 0.5) is 0 Å². The van der Waals surface area contributed by atoms with Crippen molar-refractivity contribution in [1.29, 1.82) is 0 Å². The van der Waals surface area contributed by atoms with Crippen LogP contribution in [0.25, 0.3) is 6.08 Å². The van der Waals surface area contributed by atoms with Crippen molar-refractivity contribution in [3.05, 3.63) is 22.2 Å². The molecule has 14 heavy (non-hydrogen) atoms. The normalized spacial score (nSPS) is 10.8. The van der Waals surface area contributed by atoms with E-state index >= 15 is 0 Å². The summed E-state index contributed by atoms with van der Waals surface area (Å²) in [5.74, 6) is -0.308. The summed E-state index contributed by atoms with van der Waals surface area (Å²) in [5.41, 5.74) is 1.97. The van der Waals surface area contributed by atoms with Crippen LogP contribution in [-0.4, -0.2) is 16.9 Å². The van der Waals surface area contributed by atoms with Crippen LogP contribution in [0.3, 0.4) is 0 Å². The molecule has 0 N–H and O–H groups in total. The molecule has 1 heterocycles. The van der Waals surface area contributed by atoms with E-state index in [0.29, 0.717) is 6.61 Å². The topological polar surface area (TPSA) is 39.2 Å². The molecule has 0 atom stereocenters. The highest BCUT2D eigenvalue weighted by atomic mass is 32.1. The van der Waals surface area contributed by atoms with Gasteiger partial charge in [-0.2, -0.15) is 4.37 Å². The lowest BCUT2D eigenvalue weighted by Crippen LogP contribution is -1.98. The lowest BCUT2D eigenvalue weighted by atomic mass is 10.2. The number of nitrogens with zero attached hydrogens (tertiary/aromatic N) is 1. The van der Waals surface area contributed by atoms with Crippen LogP contribution in [0.15, 0.2) is 6.08 Å². The van der Waals surface area contributed by atoms with Crippen molar-refractivity contribution >= 4 is 23.6 Å². The third kappa shape index (κ3) is 2.67. The number of aryl methyl sites for hydroxylation is 2. The third-order valence-corrected chi connectivity index (χ3v) is 2.62. The van der Waals surface area contributed by atoms with E-state index in [2.05, 4.69) is 4.37 Å². The van der Waals surface area contributed by atoms with Gasteiger partial charge < -0.3 is 4.74 Å². The molecular weight excluding hydrogens is 198 g/mol. The Labute approximate surface area is 87.6 Å². The minimum atomic E-state index is -0.308. The number of esters is 1. The molecule has 0 fully saturated rings. The number of hydrogen-bond donors (Lipinski definition) is 0. The van der Waals surface area contributed by atoms with E-state index in [9.17, 15) is 4.79 Å². The zero-order chi connectivity index (χ0) is 10.6. The fourth-order valence-electron chi connectivity index (χ4n) is 1.07. The highest BCUT2D eigenvalue weighted by molar-refractivity contribution is 7.06. The number of ether oxygens (including phenoxy) is 1. The Morgan fingerprint density at radius 3 is 2.79 bits per heavy atom. The monoisotopic (exact) mass is 211 g/mol. The molecule has 0 saturated heterocycles. The lowest BCUT2D eigenvalue weighted by Gasteiger charge is -1.95. The highest BCUT2D eigenvalue weighted by Crippen LogP contribution is 2.18. The van der Waals surface area contributed by atoms with Crippen LogP contribution in [0.2, 0.25) is 0 Å². The molecule has 0 aliphatic heterocycles. The fraction of sp³-hybridized carbons (Fsp3) is 0.400. The maximum atomic E-state index is 11.0. The summed E-state index contributed by atoms with van der Waals surface area (Å²) in [5, 5.41) is 0. The number of carbonyl (C=O) groups is 1. The molecule has 0 spiro atoms. The maximum Gasteiger partial charge on any atom is 0.330 e. The molecule has 0 aliphatic carbocycles. The fourth-order valence-corrected chi connectivity index (χ4v) is 1.76. The zero-order valence-electron chi connectivity index (χ0n) is 8.53. The SMILES string of the molecule is CCOC(=O)/C=C\c1c(C)nsc1C. The number of aromatic nitrogens is 1. The first-order valence-corrected chi connectivity index (χ1v) is 5.20. The van der Waals surface area contributed by atoms with Gasteiger partial charge >= 0.3 is 5.97 Å². The first kappa shape index (κ1) is 10.9. The first-order chi connectivity index (χ1) is 6.65. The second-order valence-electron chi connectivity index (χ2n) is 2.82. The summed E-state index contributed by atoms with van der Waals surface area (Å²) in [6.45, 7) is 6.10. The largest absolute Gasteiger partial charge is 0.463 e. The number of rotatable bonds is 3. The van der Waals surface area contributed by atoms with E-state index in [-0.39, 0.29) is 5.97 Å². The van der Waals surface area contributed by atoms with Crippen molar-refractivity contribution in [2.45, 2.75) is 20.8 Å². The smallest absolute Gasteiger partial charge is 0.330 e. The molecule has 0 unspecified atom stereocenters. The van der Waals surface area contributed by atoms with Crippen LogP contribution < -0.4 is 0 Å². The van der Waals surface area contributed by atoms with E-state index in [1.165, 1.54) is 17.6 Å². The van der Waals surface area contributed by atoms with Gasteiger partial charge in [-0.1, -0.05) is 0 Å². The molecule has 0 amide bonds. The summed E-state index contributed by atoms with van der Waals surface area (Å²) in [4.78, 5) is 12.1. The van der Waals surface area contributed by atoms with Crippen molar-refractivity contribution < 1.29 is 9.53 Å². The molecule has 4 heteroatoms. The van der Waals surface area contributed by atoms with Crippen LogP contribution in [-0.2, 0) is 9.53 Å². The van der Waals surface area contributed by atoms with E-state index in [1.807, 2.05) is 13.8 Å². The Morgan fingerprint density at radius 1 is 1.57 bits per heavy atom. The Balaban J connectivity index is 2.73. The van der Waals surface area contributed by atoms with Crippen molar-refractivity contribution in [3.8, 4) is 0 Å². The van der Waals surface area contributed by atoms with Gasteiger partial charge in [-0.25, -0.2) is 4.79 Å². The molecule has 0 radical (unpaired) electrons. The zero-order valence-corrected chi connectivity index (χ0v) is 9.35. The van der Waals surface area contributed by atoms with Crippen molar-refractivity contribution in [1.82, 2.24) is 4.37 Å². The Bertz CT molecular complexity index is 336. The predicted octanol–water partition coefficient (Wildman–Crippen LogP) is 2.34. The van der Waals surface area contributed by atoms with Gasteiger partial charge in [0.25, 0.3) is 0 Å². The number of hydrogen-bond acceptors (Lipinski definition) is 4. The summed E-state index contributed by atoms with van der Waals surface area (Å²) in [6, 6.07) is 0. The lowest BCUT2D eigenvalue weighted by molar-refractivity contribution is -0.137. The highest BCUT2D eigenvalue weighted by Gasteiger charge is 2.03. The van der Waals surface area contributed by atoms with Crippen molar-refractivity contribution in [3.63, 3.8) is 0 Å². The van der Waals surface area contributed by atoms with E-state index in [4.69, 9.17) is 4.74 Å². The van der Waals surface area contributed by atoms with Crippen LogP contribution >= 0.6 is 11.5 Å². The summed E-state index contributed by atoms with van der Waals surface area (Å²) >= 11 is 1.44. The molecule has 0 aromatic carbocycles. The van der Waals surface area contributed by atoms with Crippen LogP contribution in [0, 0.1) is 13.8 Å². The third-order valence-electron chi connectivity index (χ3n) is 1.76. The molecule has 1 aromatic heterocycles. The minimum Gasteiger partial charge on any atom is -0.463 e. The van der Waals surface area contributed by atoms with Crippen molar-refractivity contribution in [2.24, 2.45) is 0 Å². The van der Waals surface area contributed by atoms with Gasteiger partial charge in [0.1, 0.15) is 0 Å². The van der Waals surface area contributed by atoms with Gasteiger partial charge in [0.15, 0.2) is 0 Å². The molecule has 0 bridgehead atoms. The molecule has 0 aliphatic rings. The van der Waals surface area contributed by atoms with Gasteiger partial charge in [0.2, 0.25) is 0 Å². The predicted molar refractivity (Wildman–Crippen MR) is 57.3 cm³/mol. The van der Waals surface area contributed by atoms with E-state index in [0.717, 1.165) is 16.1 Å². The standard InChI is InChI=1S/C10H13NO2S/c1-4-13-10(12)6-5-9-7(2)11-14-8(9)3/h5-6H,4H2,1-3H3/b6-5-. The van der Waals surface area contributed by atoms with Gasteiger partial charge in [-0.3, -0.25) is 0 Å². The van der Waals surface area contributed by atoms with Crippen LogP contribution in [0.1, 0.15) is 23.1 Å². The Hall–Kier alpha value is -1.16. The Morgan fingerprint density at radius 2 is 2.29 bits per heavy atom. The maximum absolute atomic E-state index is 11.0. The van der Waals surface area contributed by atoms with E-state index < -0.39 is 0 Å². The van der Waals surface area contributed by atoms with E-state index in [1.54, 1.807) is 13.0 Å².